The average Bonchev–Trinajstić information content (AvgIpc) is 2.50. The Labute approximate surface area is 91.1 Å². The molecule has 3 heteroatoms. The molecule has 0 aromatic rings. The van der Waals surface area contributed by atoms with Gasteiger partial charge in [0.05, 0.1) is 0 Å². The summed E-state index contributed by atoms with van der Waals surface area (Å²) in [6, 6.07) is 0. The Morgan fingerprint density at radius 2 is 1.53 bits per heavy atom. The van der Waals surface area contributed by atoms with Gasteiger partial charge < -0.3 is 0 Å². The number of nitrogens with zero attached hydrogens (tertiary/aromatic N) is 1. The highest BCUT2D eigenvalue weighted by Crippen LogP contribution is 2.17. The molecule has 2 amide bonds. The summed E-state index contributed by atoms with van der Waals surface area (Å²) in [5.41, 5.74) is 0. The van der Waals surface area contributed by atoms with E-state index in [1.54, 1.807) is 0 Å². The highest BCUT2D eigenvalue weighted by molar-refractivity contribution is 6.12. The predicted molar refractivity (Wildman–Crippen MR) is 59.2 cm³/mol. The third-order valence-electron chi connectivity index (χ3n) is 2.74. The van der Waals surface area contributed by atoms with E-state index >= 15 is 0 Å². The van der Waals surface area contributed by atoms with Crippen molar-refractivity contribution < 1.29 is 9.59 Å². The van der Waals surface area contributed by atoms with Crippen LogP contribution in [-0.2, 0) is 9.59 Å². The molecule has 0 fully saturated rings. The van der Waals surface area contributed by atoms with Gasteiger partial charge in [0, 0.05) is 18.7 Å². The zero-order valence-electron chi connectivity index (χ0n) is 9.53. The minimum absolute atomic E-state index is 0.155. The summed E-state index contributed by atoms with van der Waals surface area (Å²) in [6.45, 7) is 4.86. The van der Waals surface area contributed by atoms with Gasteiger partial charge in [-0.25, -0.2) is 0 Å². The quantitative estimate of drug-likeness (QED) is 0.628. The van der Waals surface area contributed by atoms with Crippen molar-refractivity contribution in [3.63, 3.8) is 0 Å². The molecule has 0 bridgehead atoms. The van der Waals surface area contributed by atoms with E-state index in [2.05, 4.69) is 13.8 Å². The molecule has 84 valence electrons. The molecule has 0 N–H and O–H groups in total. The molecule has 0 saturated heterocycles. The van der Waals surface area contributed by atoms with Gasteiger partial charge in [-0.2, -0.15) is 0 Å². The molecule has 0 aromatic heterocycles. The predicted octanol–water partition coefficient (Wildman–Crippen LogP) is 2.13. The first-order chi connectivity index (χ1) is 7.19. The number of carbonyl (C=O) groups is 2. The summed E-state index contributed by atoms with van der Waals surface area (Å²) < 4.78 is 0. The Balaban J connectivity index is 2.50. The van der Waals surface area contributed by atoms with Crippen LogP contribution in [0.25, 0.3) is 0 Å². The summed E-state index contributed by atoms with van der Waals surface area (Å²) in [7, 11) is 0. The molecule has 0 aromatic carbocycles. The van der Waals surface area contributed by atoms with Crippen molar-refractivity contribution in [2.24, 2.45) is 5.92 Å². The van der Waals surface area contributed by atoms with Crippen LogP contribution in [0.2, 0.25) is 0 Å². The molecule has 0 saturated carbocycles. The van der Waals surface area contributed by atoms with Crippen molar-refractivity contribution in [3.05, 3.63) is 12.2 Å². The fourth-order valence-electron chi connectivity index (χ4n) is 2.01. The lowest BCUT2D eigenvalue weighted by Gasteiger charge is -2.21. The van der Waals surface area contributed by atoms with E-state index in [0.29, 0.717) is 12.5 Å². The zero-order valence-corrected chi connectivity index (χ0v) is 9.53. The Bertz CT molecular complexity index is 247. The first kappa shape index (κ1) is 12.0. The van der Waals surface area contributed by atoms with Crippen molar-refractivity contribution in [3.8, 4) is 0 Å². The lowest BCUT2D eigenvalue weighted by Crippen LogP contribution is -2.34. The topological polar surface area (TPSA) is 37.4 Å². The van der Waals surface area contributed by atoms with Crippen LogP contribution in [0.15, 0.2) is 12.2 Å². The third kappa shape index (κ3) is 3.18. The van der Waals surface area contributed by atoms with Crippen LogP contribution in [0.1, 0.15) is 39.5 Å². The van der Waals surface area contributed by atoms with Crippen LogP contribution in [0.3, 0.4) is 0 Å². The van der Waals surface area contributed by atoms with Crippen LogP contribution >= 0.6 is 0 Å². The van der Waals surface area contributed by atoms with Gasteiger partial charge in [0.25, 0.3) is 11.8 Å². The molecule has 15 heavy (non-hydrogen) atoms. The fourth-order valence-corrected chi connectivity index (χ4v) is 2.01. The molecule has 1 rings (SSSR count). The summed E-state index contributed by atoms with van der Waals surface area (Å²) in [4.78, 5) is 24.1. The number of rotatable bonds is 6. The van der Waals surface area contributed by atoms with Gasteiger partial charge in [0.1, 0.15) is 0 Å². The molecule has 0 unspecified atom stereocenters. The highest BCUT2D eigenvalue weighted by atomic mass is 16.2. The van der Waals surface area contributed by atoms with Crippen LogP contribution in [-0.4, -0.2) is 23.3 Å². The van der Waals surface area contributed by atoms with Gasteiger partial charge in [-0.3, -0.25) is 14.5 Å². The lowest BCUT2D eigenvalue weighted by atomic mass is 9.98. The molecular weight excluding hydrogens is 190 g/mol. The lowest BCUT2D eigenvalue weighted by molar-refractivity contribution is -0.137. The summed E-state index contributed by atoms with van der Waals surface area (Å²) >= 11 is 0. The second-order valence-corrected chi connectivity index (χ2v) is 4.06. The Kier molecular flexibility index (Phi) is 4.53. The smallest absolute Gasteiger partial charge is 0.253 e. The van der Waals surface area contributed by atoms with Gasteiger partial charge in [-0.05, 0) is 18.8 Å². The molecular formula is C12H19NO2. The summed E-state index contributed by atoms with van der Waals surface area (Å²) in [5, 5.41) is 0. The molecule has 1 aliphatic heterocycles. The minimum atomic E-state index is -0.155. The first-order valence-electron chi connectivity index (χ1n) is 5.72. The van der Waals surface area contributed by atoms with Crippen LogP contribution in [0.4, 0.5) is 0 Å². The normalized spacial score (nSPS) is 15.8. The SMILES string of the molecule is CCCC(CCC)CN1C(=O)C=CC1=O. The first-order valence-corrected chi connectivity index (χ1v) is 5.72. The van der Waals surface area contributed by atoms with Crippen molar-refractivity contribution in [2.45, 2.75) is 39.5 Å². The van der Waals surface area contributed by atoms with E-state index in [0.717, 1.165) is 25.7 Å². The van der Waals surface area contributed by atoms with Crippen LogP contribution in [0.5, 0.6) is 0 Å². The second kappa shape index (κ2) is 5.69. The summed E-state index contributed by atoms with van der Waals surface area (Å²) in [5.74, 6) is 0.155. The monoisotopic (exact) mass is 209 g/mol. The van der Waals surface area contributed by atoms with Crippen LogP contribution in [0, 0.1) is 5.92 Å². The number of carbonyl (C=O) groups excluding carboxylic acids is 2. The standard InChI is InChI=1S/C12H19NO2/c1-3-5-10(6-4-2)9-13-11(14)7-8-12(13)15/h7-8,10H,3-6,9H2,1-2H3. The molecule has 0 aliphatic carbocycles. The molecule has 0 atom stereocenters. The van der Waals surface area contributed by atoms with Crippen molar-refractivity contribution >= 4 is 11.8 Å². The molecule has 1 heterocycles. The van der Waals surface area contributed by atoms with E-state index in [1.807, 2.05) is 0 Å². The second-order valence-electron chi connectivity index (χ2n) is 4.06. The van der Waals surface area contributed by atoms with Gasteiger partial charge in [-0.15, -0.1) is 0 Å². The average molecular weight is 209 g/mol. The maximum Gasteiger partial charge on any atom is 0.253 e. The summed E-state index contributed by atoms with van der Waals surface area (Å²) in [6.07, 6.45) is 7.10. The molecule has 0 spiro atoms. The van der Waals surface area contributed by atoms with Crippen molar-refractivity contribution in [2.75, 3.05) is 6.54 Å². The largest absolute Gasteiger partial charge is 0.275 e. The van der Waals surface area contributed by atoms with E-state index < -0.39 is 0 Å². The van der Waals surface area contributed by atoms with Gasteiger partial charge >= 0.3 is 0 Å². The highest BCUT2D eigenvalue weighted by Gasteiger charge is 2.25. The molecule has 1 aliphatic rings. The van der Waals surface area contributed by atoms with E-state index in [9.17, 15) is 9.59 Å². The van der Waals surface area contributed by atoms with E-state index in [-0.39, 0.29) is 11.8 Å². The number of hydrogen-bond acceptors (Lipinski definition) is 2. The molecule has 0 radical (unpaired) electrons. The number of hydrogen-bond donors (Lipinski definition) is 0. The minimum Gasteiger partial charge on any atom is -0.275 e. The molecule has 3 nitrogen and oxygen atoms in total. The Hall–Kier alpha value is -1.12. The third-order valence-corrected chi connectivity index (χ3v) is 2.74. The number of imide groups is 1. The van der Waals surface area contributed by atoms with Gasteiger partial charge in [0.15, 0.2) is 0 Å². The van der Waals surface area contributed by atoms with E-state index in [4.69, 9.17) is 0 Å². The maximum absolute atomic E-state index is 11.3. The fraction of sp³-hybridized carbons (Fsp3) is 0.667. The Morgan fingerprint density at radius 3 is 1.93 bits per heavy atom. The Morgan fingerprint density at radius 1 is 1.07 bits per heavy atom. The number of amides is 2. The van der Waals surface area contributed by atoms with Gasteiger partial charge in [-0.1, -0.05) is 26.7 Å². The van der Waals surface area contributed by atoms with Gasteiger partial charge in [0.2, 0.25) is 0 Å². The van der Waals surface area contributed by atoms with E-state index in [1.165, 1.54) is 17.1 Å². The van der Waals surface area contributed by atoms with Crippen molar-refractivity contribution in [1.29, 1.82) is 0 Å². The maximum atomic E-state index is 11.3. The van der Waals surface area contributed by atoms with Crippen molar-refractivity contribution in [1.82, 2.24) is 4.90 Å². The zero-order chi connectivity index (χ0) is 11.3. The van der Waals surface area contributed by atoms with Crippen LogP contribution < -0.4 is 0 Å².